The summed E-state index contributed by atoms with van der Waals surface area (Å²) in [6.07, 6.45) is -1.21. The predicted octanol–water partition coefficient (Wildman–Crippen LogP) is 1.82. The van der Waals surface area contributed by atoms with Crippen LogP contribution in [0, 0.1) is 20.2 Å². The third-order valence-electron chi connectivity index (χ3n) is 7.48. The minimum absolute atomic E-state index is 0.00912. The number of ether oxygens (including phenoxy) is 3. The number of ketones is 1. The number of rotatable bonds is 13. The Morgan fingerprint density at radius 1 is 0.894 bits per heavy atom. The molecule has 3 atom stereocenters. The van der Waals surface area contributed by atoms with Crippen LogP contribution in [-0.4, -0.2) is 107 Å². The number of nitrogens with zero attached hydrogens (tertiary/aromatic N) is 4. The molecule has 2 fully saturated rings. The zero-order chi connectivity index (χ0) is 33.9. The van der Waals surface area contributed by atoms with Gasteiger partial charge in [0.15, 0.2) is 5.78 Å². The first kappa shape index (κ1) is 35.1. The monoisotopic (exact) mass is 674 g/mol. The number of hydrogen-bond donors (Lipinski definition) is 3. The fourth-order valence-corrected chi connectivity index (χ4v) is 5.42. The van der Waals surface area contributed by atoms with Gasteiger partial charge >= 0.3 is 12.2 Å². The Balaban J connectivity index is 1.22. The summed E-state index contributed by atoms with van der Waals surface area (Å²) in [6, 6.07) is 9.39. The molecule has 2 aliphatic heterocycles. The Morgan fingerprint density at radius 2 is 1.49 bits per heavy atom. The lowest BCUT2D eigenvalue weighted by Crippen LogP contribution is -2.61. The SMILES string of the molecule is O=C(NCCOCC(=O)C1CNCCN1C(=O)C1CC(S)CN1C(=O)OCc1ccc([N+](=O)[O-])cc1)OCc1ccc([N+](=O)[O-])cc1. The van der Waals surface area contributed by atoms with Crippen LogP contribution in [0.2, 0.25) is 0 Å². The fourth-order valence-electron chi connectivity index (χ4n) is 5.05. The van der Waals surface area contributed by atoms with Crippen LogP contribution in [0.5, 0.6) is 0 Å². The Kier molecular flexibility index (Phi) is 12.4. The van der Waals surface area contributed by atoms with Gasteiger partial charge in [-0.05, 0) is 41.8 Å². The van der Waals surface area contributed by atoms with Gasteiger partial charge < -0.3 is 29.7 Å². The van der Waals surface area contributed by atoms with Crippen molar-refractivity contribution >= 4 is 47.9 Å². The van der Waals surface area contributed by atoms with Crippen molar-refractivity contribution in [1.29, 1.82) is 0 Å². The van der Waals surface area contributed by atoms with Crippen LogP contribution >= 0.6 is 12.6 Å². The van der Waals surface area contributed by atoms with E-state index >= 15 is 0 Å². The van der Waals surface area contributed by atoms with Gasteiger partial charge in [0.25, 0.3) is 11.4 Å². The van der Waals surface area contributed by atoms with Gasteiger partial charge in [-0.3, -0.25) is 34.7 Å². The van der Waals surface area contributed by atoms with Gasteiger partial charge in [-0.2, -0.15) is 12.6 Å². The number of nitrogens with one attached hydrogen (secondary N) is 2. The molecule has 17 nitrogen and oxygen atoms in total. The minimum atomic E-state index is -0.891. The number of piperazine rings is 1. The number of non-ortho nitro benzene ring substituents is 2. The van der Waals surface area contributed by atoms with Gasteiger partial charge in [0.2, 0.25) is 5.91 Å². The standard InChI is InChI=1S/C29H34N6O11S/c36-26(18-44-12-10-31-28(38)45-16-19-1-5-21(6-2-19)34(40)41)25-14-30-9-11-32(25)27(37)24-13-23(47)15-33(24)29(39)46-17-20-3-7-22(8-4-20)35(42)43/h1-8,23-25,30,47H,9-18H2,(H,31,38). The van der Waals surface area contributed by atoms with Crippen molar-refractivity contribution in [3.63, 3.8) is 0 Å². The minimum Gasteiger partial charge on any atom is -0.445 e. The zero-order valence-corrected chi connectivity index (χ0v) is 26.0. The number of likely N-dealkylation sites (tertiary alicyclic amines) is 1. The number of amides is 3. The molecule has 2 heterocycles. The van der Waals surface area contributed by atoms with Gasteiger partial charge in [0.05, 0.1) is 16.5 Å². The highest BCUT2D eigenvalue weighted by Gasteiger charge is 2.44. The molecule has 2 saturated heterocycles. The number of benzene rings is 2. The summed E-state index contributed by atoms with van der Waals surface area (Å²) < 4.78 is 15.9. The number of nitro groups is 2. The molecule has 2 aliphatic rings. The zero-order valence-electron chi connectivity index (χ0n) is 25.1. The van der Waals surface area contributed by atoms with Gasteiger partial charge in [-0.15, -0.1) is 0 Å². The number of Topliss-reactive ketones (excluding diaryl/α,β-unsaturated/α-hetero) is 1. The van der Waals surface area contributed by atoms with E-state index in [1.165, 1.54) is 58.3 Å². The van der Waals surface area contributed by atoms with Crippen LogP contribution in [0.25, 0.3) is 0 Å². The maximum atomic E-state index is 13.7. The fraction of sp³-hybridized carbons (Fsp3) is 0.448. The van der Waals surface area contributed by atoms with Gasteiger partial charge in [0.1, 0.15) is 31.9 Å². The molecule has 0 saturated carbocycles. The molecule has 2 aromatic rings. The third-order valence-corrected chi connectivity index (χ3v) is 7.86. The molecule has 0 spiro atoms. The van der Waals surface area contributed by atoms with Crippen LogP contribution in [0.4, 0.5) is 21.0 Å². The average molecular weight is 675 g/mol. The Labute approximate surface area is 274 Å². The van der Waals surface area contributed by atoms with E-state index in [2.05, 4.69) is 23.3 Å². The van der Waals surface area contributed by atoms with E-state index < -0.39 is 40.0 Å². The Morgan fingerprint density at radius 3 is 2.09 bits per heavy atom. The summed E-state index contributed by atoms with van der Waals surface area (Å²) in [5, 5.41) is 26.9. The van der Waals surface area contributed by atoms with Crippen LogP contribution in [0.3, 0.4) is 0 Å². The summed E-state index contributed by atoms with van der Waals surface area (Å²) in [4.78, 5) is 74.9. The normalized spacial score (nSPS) is 19.1. The highest BCUT2D eigenvalue weighted by molar-refractivity contribution is 7.81. The van der Waals surface area contributed by atoms with E-state index in [1.54, 1.807) is 0 Å². The van der Waals surface area contributed by atoms with Crippen molar-refractivity contribution in [3.8, 4) is 0 Å². The average Bonchev–Trinajstić information content (AvgIpc) is 3.47. The number of carbonyl (C=O) groups is 4. The maximum absolute atomic E-state index is 13.7. The molecular formula is C29H34N6O11S. The first-order valence-corrected chi connectivity index (χ1v) is 15.2. The highest BCUT2D eigenvalue weighted by Crippen LogP contribution is 2.26. The first-order chi connectivity index (χ1) is 22.5. The molecular weight excluding hydrogens is 640 g/mol. The molecule has 0 aromatic heterocycles. The van der Waals surface area contributed by atoms with E-state index in [9.17, 15) is 39.4 Å². The quantitative estimate of drug-likeness (QED) is 0.120. The van der Waals surface area contributed by atoms with E-state index in [1.807, 2.05) is 0 Å². The van der Waals surface area contributed by atoms with Crippen LogP contribution in [0.1, 0.15) is 17.5 Å². The van der Waals surface area contributed by atoms with Crippen LogP contribution in [-0.2, 0) is 37.0 Å². The Bertz CT molecular complexity index is 1460. The second kappa shape index (κ2) is 16.7. The molecule has 3 amide bonds. The van der Waals surface area contributed by atoms with Gasteiger partial charge in [-0.25, -0.2) is 9.59 Å². The van der Waals surface area contributed by atoms with E-state index in [0.717, 1.165) is 0 Å². The van der Waals surface area contributed by atoms with E-state index in [0.29, 0.717) is 17.7 Å². The van der Waals surface area contributed by atoms with Crippen molar-refractivity contribution in [2.24, 2.45) is 0 Å². The summed E-state index contributed by atoms with van der Waals surface area (Å²) in [5.74, 6) is -0.773. The molecule has 18 heteroatoms. The second-order valence-corrected chi connectivity index (χ2v) is 11.5. The predicted molar refractivity (Wildman–Crippen MR) is 167 cm³/mol. The molecule has 0 bridgehead atoms. The number of alkyl carbamates (subject to hydrolysis) is 1. The molecule has 47 heavy (non-hydrogen) atoms. The molecule has 4 rings (SSSR count). The van der Waals surface area contributed by atoms with Crippen LogP contribution < -0.4 is 10.6 Å². The highest BCUT2D eigenvalue weighted by atomic mass is 32.1. The third kappa shape index (κ3) is 9.84. The van der Waals surface area contributed by atoms with Crippen molar-refractivity contribution < 1.29 is 43.2 Å². The summed E-state index contributed by atoms with van der Waals surface area (Å²) >= 11 is 4.47. The topological polar surface area (TPSA) is 213 Å². The molecule has 3 unspecified atom stereocenters. The molecule has 2 N–H and O–H groups in total. The largest absolute Gasteiger partial charge is 0.445 e. The lowest BCUT2D eigenvalue weighted by Gasteiger charge is -2.38. The summed E-state index contributed by atoms with van der Waals surface area (Å²) in [7, 11) is 0. The van der Waals surface area contributed by atoms with Crippen molar-refractivity contribution in [3.05, 3.63) is 79.9 Å². The van der Waals surface area contributed by atoms with Crippen molar-refractivity contribution in [2.45, 2.75) is 37.0 Å². The van der Waals surface area contributed by atoms with E-state index in [-0.39, 0.29) is 81.4 Å². The van der Waals surface area contributed by atoms with Gasteiger partial charge in [0, 0.05) is 62.2 Å². The molecule has 0 aliphatic carbocycles. The summed E-state index contributed by atoms with van der Waals surface area (Å²) in [6.45, 7) is 0.510. The maximum Gasteiger partial charge on any atom is 0.410 e. The van der Waals surface area contributed by atoms with E-state index in [4.69, 9.17) is 14.2 Å². The summed E-state index contributed by atoms with van der Waals surface area (Å²) in [5.41, 5.74) is 0.934. The second-order valence-electron chi connectivity index (χ2n) is 10.7. The first-order valence-electron chi connectivity index (χ1n) is 14.6. The molecule has 0 radical (unpaired) electrons. The lowest BCUT2D eigenvalue weighted by atomic mass is 10.1. The van der Waals surface area contributed by atoms with Gasteiger partial charge in [-0.1, -0.05) is 0 Å². The van der Waals surface area contributed by atoms with Crippen LogP contribution in [0.15, 0.2) is 48.5 Å². The molecule has 2 aromatic carbocycles. The van der Waals surface area contributed by atoms with Crippen molar-refractivity contribution in [2.75, 3.05) is 45.9 Å². The number of carbonyl (C=O) groups excluding carboxylic acids is 4. The smallest absolute Gasteiger partial charge is 0.410 e. The van der Waals surface area contributed by atoms with Crippen molar-refractivity contribution in [1.82, 2.24) is 20.4 Å². The Hall–Kier alpha value is -4.81. The number of thiol groups is 1. The number of nitro benzene ring substituents is 2. The molecule has 252 valence electrons. The lowest BCUT2D eigenvalue weighted by molar-refractivity contribution is -0.385. The number of hydrogen-bond acceptors (Lipinski definition) is 13.